The molecule has 1 heterocycles. The van der Waals surface area contributed by atoms with E-state index in [1.165, 1.54) is 0 Å². The highest BCUT2D eigenvalue weighted by Gasteiger charge is 2.13. The van der Waals surface area contributed by atoms with Crippen LogP contribution in [0, 0.1) is 0 Å². The van der Waals surface area contributed by atoms with Crippen LogP contribution in [-0.4, -0.2) is 21.5 Å². The van der Waals surface area contributed by atoms with Gasteiger partial charge in [-0.05, 0) is 18.6 Å². The quantitative estimate of drug-likeness (QED) is 0.857. The zero-order valence-corrected chi connectivity index (χ0v) is 10.2. The molecule has 0 bridgehead atoms. The zero-order chi connectivity index (χ0) is 13.0. The predicted octanol–water partition coefficient (Wildman–Crippen LogP) is 1.55. The van der Waals surface area contributed by atoms with Crippen molar-refractivity contribution in [2.75, 3.05) is 5.32 Å². The Morgan fingerprint density at radius 3 is 2.94 bits per heavy atom. The van der Waals surface area contributed by atoms with Gasteiger partial charge >= 0.3 is 0 Å². The van der Waals surface area contributed by atoms with Gasteiger partial charge in [-0.3, -0.25) is 4.79 Å². The summed E-state index contributed by atoms with van der Waals surface area (Å²) in [5.74, 6) is -0.176. The molecule has 1 aromatic heterocycles. The summed E-state index contributed by atoms with van der Waals surface area (Å²) in [7, 11) is 0. The second kappa shape index (κ2) is 5.46. The number of rotatable bonds is 4. The fourth-order valence-electron chi connectivity index (χ4n) is 1.62. The molecule has 0 spiro atoms. The van der Waals surface area contributed by atoms with Gasteiger partial charge in [0, 0.05) is 12.4 Å². The zero-order valence-electron chi connectivity index (χ0n) is 10.2. The van der Waals surface area contributed by atoms with E-state index in [9.17, 15) is 4.79 Å². The lowest BCUT2D eigenvalue weighted by Crippen LogP contribution is -2.35. The molecule has 0 unspecified atom stereocenters. The van der Waals surface area contributed by atoms with E-state index in [0.29, 0.717) is 6.42 Å². The lowest BCUT2D eigenvalue weighted by Gasteiger charge is -2.14. The van der Waals surface area contributed by atoms with Crippen LogP contribution in [0.5, 0.6) is 0 Å². The van der Waals surface area contributed by atoms with Crippen molar-refractivity contribution in [1.82, 2.24) is 9.55 Å². The summed E-state index contributed by atoms with van der Waals surface area (Å²) in [6.07, 6.45) is 5.81. The molecule has 0 saturated heterocycles. The number of para-hydroxylation sites is 2. The van der Waals surface area contributed by atoms with E-state index in [1.54, 1.807) is 12.5 Å². The molecule has 0 fully saturated rings. The van der Waals surface area contributed by atoms with Crippen molar-refractivity contribution in [3.63, 3.8) is 0 Å². The predicted molar refractivity (Wildman–Crippen MR) is 70.5 cm³/mol. The van der Waals surface area contributed by atoms with Crippen LogP contribution in [-0.2, 0) is 4.79 Å². The highest BCUT2D eigenvalue weighted by Crippen LogP contribution is 2.19. The SMILES string of the molecule is CC[C@H](N)C(=O)Nc1ccccc1-n1ccnc1. The Balaban J connectivity index is 2.26. The normalized spacial score (nSPS) is 12.1. The molecule has 3 N–H and O–H groups in total. The van der Waals surface area contributed by atoms with Crippen molar-refractivity contribution in [2.45, 2.75) is 19.4 Å². The molecular formula is C13H16N4O. The van der Waals surface area contributed by atoms with E-state index >= 15 is 0 Å². The molecule has 94 valence electrons. The summed E-state index contributed by atoms with van der Waals surface area (Å²) in [4.78, 5) is 15.8. The van der Waals surface area contributed by atoms with Gasteiger partial charge in [0.15, 0.2) is 0 Å². The van der Waals surface area contributed by atoms with Crippen LogP contribution in [0.4, 0.5) is 5.69 Å². The van der Waals surface area contributed by atoms with Crippen LogP contribution >= 0.6 is 0 Å². The van der Waals surface area contributed by atoms with Gasteiger partial charge in [0.1, 0.15) is 0 Å². The molecule has 2 aromatic rings. The Kier molecular flexibility index (Phi) is 3.74. The van der Waals surface area contributed by atoms with Gasteiger partial charge in [0.05, 0.1) is 23.7 Å². The number of nitrogens with one attached hydrogen (secondary N) is 1. The van der Waals surface area contributed by atoms with Crippen molar-refractivity contribution in [3.05, 3.63) is 43.0 Å². The second-order valence-electron chi connectivity index (χ2n) is 3.99. The lowest BCUT2D eigenvalue weighted by atomic mass is 10.2. The number of carbonyl (C=O) groups excluding carboxylic acids is 1. The average Bonchev–Trinajstić information content (AvgIpc) is 2.92. The van der Waals surface area contributed by atoms with E-state index in [4.69, 9.17) is 5.73 Å². The smallest absolute Gasteiger partial charge is 0.241 e. The molecule has 0 aliphatic carbocycles. The fraction of sp³-hybridized carbons (Fsp3) is 0.231. The Bertz CT molecular complexity index is 522. The van der Waals surface area contributed by atoms with Crippen LogP contribution < -0.4 is 11.1 Å². The largest absolute Gasteiger partial charge is 0.323 e. The third-order valence-electron chi connectivity index (χ3n) is 2.72. The first-order chi connectivity index (χ1) is 8.72. The molecule has 18 heavy (non-hydrogen) atoms. The first kappa shape index (κ1) is 12.3. The number of benzene rings is 1. The summed E-state index contributed by atoms with van der Waals surface area (Å²) in [6.45, 7) is 1.88. The number of imidazole rings is 1. The number of nitrogens with zero attached hydrogens (tertiary/aromatic N) is 2. The summed E-state index contributed by atoms with van der Waals surface area (Å²) in [5.41, 5.74) is 7.30. The standard InChI is InChI=1S/C13H16N4O/c1-2-10(14)13(18)16-11-5-3-4-6-12(11)17-8-7-15-9-17/h3-10H,2,14H2,1H3,(H,16,18)/t10-/m0/s1. The summed E-state index contributed by atoms with van der Waals surface area (Å²) >= 11 is 0. The molecule has 5 nitrogen and oxygen atoms in total. The monoisotopic (exact) mass is 244 g/mol. The Morgan fingerprint density at radius 1 is 1.50 bits per heavy atom. The minimum absolute atomic E-state index is 0.176. The molecule has 0 saturated carbocycles. The molecule has 1 atom stereocenters. The number of anilines is 1. The number of aromatic nitrogens is 2. The summed E-state index contributed by atoms with van der Waals surface area (Å²) < 4.78 is 1.84. The van der Waals surface area contributed by atoms with Gasteiger partial charge in [0.25, 0.3) is 0 Å². The molecule has 0 aliphatic heterocycles. The first-order valence-electron chi connectivity index (χ1n) is 5.86. The van der Waals surface area contributed by atoms with Gasteiger partial charge in [-0.2, -0.15) is 0 Å². The van der Waals surface area contributed by atoms with Gasteiger partial charge in [0.2, 0.25) is 5.91 Å². The van der Waals surface area contributed by atoms with Crippen molar-refractivity contribution in [1.29, 1.82) is 0 Å². The highest BCUT2D eigenvalue weighted by molar-refractivity contribution is 5.96. The van der Waals surface area contributed by atoms with E-state index < -0.39 is 6.04 Å². The molecule has 2 rings (SSSR count). The van der Waals surface area contributed by atoms with E-state index in [0.717, 1.165) is 11.4 Å². The van der Waals surface area contributed by atoms with Crippen molar-refractivity contribution >= 4 is 11.6 Å². The summed E-state index contributed by atoms with van der Waals surface area (Å²) in [5, 5.41) is 2.84. The fourth-order valence-corrected chi connectivity index (χ4v) is 1.62. The van der Waals surface area contributed by atoms with E-state index in [1.807, 2.05) is 42.0 Å². The molecule has 1 aromatic carbocycles. The van der Waals surface area contributed by atoms with Crippen molar-refractivity contribution in [3.8, 4) is 5.69 Å². The molecule has 5 heteroatoms. The summed E-state index contributed by atoms with van der Waals surface area (Å²) in [6, 6.07) is 7.05. The topological polar surface area (TPSA) is 72.9 Å². The minimum atomic E-state index is -0.485. The van der Waals surface area contributed by atoms with Gasteiger partial charge in [-0.25, -0.2) is 4.98 Å². The first-order valence-corrected chi connectivity index (χ1v) is 5.86. The Hall–Kier alpha value is -2.14. The van der Waals surface area contributed by atoms with E-state index in [2.05, 4.69) is 10.3 Å². The van der Waals surface area contributed by atoms with Crippen LogP contribution in [0.15, 0.2) is 43.0 Å². The molecule has 0 radical (unpaired) electrons. The average molecular weight is 244 g/mol. The second-order valence-corrected chi connectivity index (χ2v) is 3.99. The third-order valence-corrected chi connectivity index (χ3v) is 2.72. The number of hydrogen-bond acceptors (Lipinski definition) is 3. The van der Waals surface area contributed by atoms with E-state index in [-0.39, 0.29) is 5.91 Å². The lowest BCUT2D eigenvalue weighted by molar-refractivity contribution is -0.117. The van der Waals surface area contributed by atoms with Crippen molar-refractivity contribution < 1.29 is 4.79 Å². The number of amides is 1. The maximum Gasteiger partial charge on any atom is 0.241 e. The number of nitrogens with two attached hydrogens (primary N) is 1. The van der Waals surface area contributed by atoms with Crippen LogP contribution in [0.2, 0.25) is 0 Å². The maximum atomic E-state index is 11.8. The molecular weight excluding hydrogens is 228 g/mol. The van der Waals surface area contributed by atoms with Gasteiger partial charge in [-0.1, -0.05) is 19.1 Å². The Labute approximate surface area is 106 Å². The molecule has 1 amide bonds. The third kappa shape index (κ3) is 2.57. The van der Waals surface area contributed by atoms with Crippen LogP contribution in [0.25, 0.3) is 5.69 Å². The number of hydrogen-bond donors (Lipinski definition) is 2. The van der Waals surface area contributed by atoms with Gasteiger partial charge < -0.3 is 15.6 Å². The molecule has 0 aliphatic rings. The number of carbonyl (C=O) groups is 1. The van der Waals surface area contributed by atoms with Crippen LogP contribution in [0.3, 0.4) is 0 Å². The van der Waals surface area contributed by atoms with Crippen LogP contribution in [0.1, 0.15) is 13.3 Å². The highest BCUT2D eigenvalue weighted by atomic mass is 16.2. The van der Waals surface area contributed by atoms with Gasteiger partial charge in [-0.15, -0.1) is 0 Å². The maximum absolute atomic E-state index is 11.8. The van der Waals surface area contributed by atoms with Crippen molar-refractivity contribution in [2.24, 2.45) is 5.73 Å². The minimum Gasteiger partial charge on any atom is -0.323 e. The Morgan fingerprint density at radius 2 is 2.28 bits per heavy atom.